The Labute approximate surface area is 258 Å². The molecule has 8 atom stereocenters. The summed E-state index contributed by atoms with van der Waals surface area (Å²) in [6.07, 6.45) is -1.10. The Kier molecular flexibility index (Phi) is 8.77. The predicted molar refractivity (Wildman–Crippen MR) is 161 cm³/mol. The van der Waals surface area contributed by atoms with Gasteiger partial charge in [0, 0.05) is 12.8 Å². The summed E-state index contributed by atoms with van der Waals surface area (Å²) in [6.45, 7) is -4.49. The lowest BCUT2D eigenvalue weighted by molar-refractivity contribution is -0.0495. The zero-order chi connectivity index (χ0) is 30.5. The molecule has 23 heteroatoms. The number of nitrogens with two attached hydrogens (primary N) is 2. The third-order valence-corrected chi connectivity index (χ3v) is 9.44. The van der Waals surface area contributed by atoms with E-state index in [4.69, 9.17) is 58.1 Å². The summed E-state index contributed by atoms with van der Waals surface area (Å²) in [5.74, 6) is 0.0846. The molecule has 7 N–H and O–H groups in total. The van der Waals surface area contributed by atoms with Crippen LogP contribution in [0.2, 0.25) is 0 Å². The first-order valence-corrected chi connectivity index (χ1v) is 18.6. The van der Waals surface area contributed by atoms with Gasteiger partial charge in [-0.05, 0) is 11.8 Å². The minimum absolute atomic E-state index is 0.0219. The smallest absolute Gasteiger partial charge is 0.394 e. The summed E-state index contributed by atoms with van der Waals surface area (Å²) >= 11 is 14.7. The van der Waals surface area contributed by atoms with E-state index in [1.165, 1.54) is 21.7 Å². The number of H-pyrrole nitrogens is 1. The van der Waals surface area contributed by atoms with Gasteiger partial charge in [-0.1, -0.05) is 0 Å². The number of aromatic amines is 1. The number of hydrogen-bond donors (Lipinski definition) is 6. The van der Waals surface area contributed by atoms with Gasteiger partial charge in [0.2, 0.25) is 17.8 Å². The maximum absolute atomic E-state index is 12.3. The molecular weight excluding hydrogens is 666 g/mol. The monoisotopic (exact) mass is 691 g/mol. The Morgan fingerprint density at radius 2 is 2.05 bits per heavy atom. The van der Waals surface area contributed by atoms with E-state index in [-0.39, 0.29) is 42.6 Å². The first-order valence-electron chi connectivity index (χ1n) is 12.6. The van der Waals surface area contributed by atoms with Gasteiger partial charge in [0.1, 0.15) is 43.0 Å². The Morgan fingerprint density at radius 3 is 2.81 bits per heavy atom. The zero-order valence-electron chi connectivity index (χ0n) is 21.8. The molecule has 0 saturated carbocycles. The molecule has 4 aromatic rings. The van der Waals surface area contributed by atoms with E-state index < -0.39 is 55.2 Å². The molecule has 4 aromatic heterocycles. The molecular formula is C20H25N10O8P2S3+. The SMILES string of the molecule is Nc1nc2c(ncn2C2OC(CO)CC2OP(O)(=S)OCC2OC(c3cnc4c(N)ncnn34)CC2O[P+](=S)S)c(=O)[nH]1. The number of aliphatic hydroxyl groups is 1. The summed E-state index contributed by atoms with van der Waals surface area (Å²) in [5.41, 5.74) is 12.2. The van der Waals surface area contributed by atoms with E-state index in [1.807, 2.05) is 0 Å². The van der Waals surface area contributed by atoms with Gasteiger partial charge in [-0.25, -0.2) is 19.5 Å². The molecule has 0 radical (unpaired) electrons. The van der Waals surface area contributed by atoms with Crippen LogP contribution in [0.15, 0.2) is 23.6 Å². The van der Waals surface area contributed by atoms with Crippen molar-refractivity contribution in [1.29, 1.82) is 0 Å². The Morgan fingerprint density at radius 1 is 1.23 bits per heavy atom. The van der Waals surface area contributed by atoms with E-state index in [2.05, 4.69) is 42.3 Å². The first-order chi connectivity index (χ1) is 20.5. The summed E-state index contributed by atoms with van der Waals surface area (Å²) in [5, 5.41) is 14.0. The van der Waals surface area contributed by atoms with E-state index in [0.29, 0.717) is 17.8 Å². The van der Waals surface area contributed by atoms with Gasteiger partial charge < -0.3 is 40.0 Å². The fourth-order valence-electron chi connectivity index (χ4n) is 5.02. The van der Waals surface area contributed by atoms with Crippen molar-refractivity contribution in [1.82, 2.24) is 39.1 Å². The van der Waals surface area contributed by atoms with Crippen LogP contribution in [0.5, 0.6) is 0 Å². The molecule has 0 aliphatic carbocycles. The van der Waals surface area contributed by atoms with Crippen molar-refractivity contribution in [3.8, 4) is 0 Å². The highest BCUT2D eigenvalue weighted by molar-refractivity contribution is 8.54. The second-order valence-electron chi connectivity index (χ2n) is 9.59. The van der Waals surface area contributed by atoms with Crippen molar-refractivity contribution in [3.63, 3.8) is 0 Å². The summed E-state index contributed by atoms with van der Waals surface area (Å²) in [6, 6.07) is 0. The molecule has 0 bridgehead atoms. The molecule has 0 aromatic carbocycles. The Balaban J connectivity index is 1.18. The molecule has 2 aliphatic rings. The minimum atomic E-state index is -3.94. The van der Waals surface area contributed by atoms with Crippen LogP contribution >= 0.6 is 25.1 Å². The van der Waals surface area contributed by atoms with E-state index in [0.717, 1.165) is 0 Å². The number of nitrogens with one attached hydrogen (secondary N) is 1. The molecule has 43 heavy (non-hydrogen) atoms. The van der Waals surface area contributed by atoms with Gasteiger partial charge in [0.15, 0.2) is 28.9 Å². The highest BCUT2D eigenvalue weighted by Crippen LogP contribution is 2.51. The number of rotatable bonds is 10. The van der Waals surface area contributed by atoms with E-state index in [9.17, 15) is 14.8 Å². The van der Waals surface area contributed by atoms with Crippen molar-refractivity contribution >= 4 is 77.3 Å². The number of aliphatic hydroxyl groups excluding tert-OH is 1. The lowest BCUT2D eigenvalue weighted by Crippen LogP contribution is -2.28. The lowest BCUT2D eigenvalue weighted by atomic mass is 10.1. The average Bonchev–Trinajstić information content (AvgIpc) is 3.72. The predicted octanol–water partition coefficient (Wildman–Crippen LogP) is 0.239. The maximum Gasteiger partial charge on any atom is 0.411 e. The number of ether oxygens (including phenoxy) is 2. The standard InChI is InChI=1S/C20H24N10O8P2S3/c21-15-17-23-3-9(30(17)26-6-24-15)10-2-11(37-39(41)42)13(36-10)5-34-40(33,43)38-12-1-8(4-31)35-19(12)29-7-25-14-16(29)27-20(22)28-18(14)32/h3,6-8,10-13,19,31H,1-2,4-5H2,(H6-,21,22,24,26,27,28,32,33,41,42,43)/p+1. The zero-order valence-corrected chi connectivity index (χ0v) is 26.1. The number of imidazole rings is 2. The second kappa shape index (κ2) is 12.3. The number of nitrogen functional groups attached to an aromatic ring is 2. The number of anilines is 2. The van der Waals surface area contributed by atoms with Gasteiger partial charge in [-0.15, -0.1) is 0 Å². The number of fused-ring (bicyclic) bond motifs is 2. The fraction of sp³-hybridized carbons (Fsp3) is 0.500. The minimum Gasteiger partial charge on any atom is -0.394 e. The van der Waals surface area contributed by atoms with Crippen LogP contribution in [-0.2, 0) is 46.7 Å². The van der Waals surface area contributed by atoms with Crippen molar-refractivity contribution in [2.24, 2.45) is 0 Å². The maximum atomic E-state index is 12.3. The van der Waals surface area contributed by atoms with Gasteiger partial charge in [-0.3, -0.25) is 14.3 Å². The number of nitrogens with zero attached hydrogens (tertiary/aromatic N) is 7. The lowest BCUT2D eigenvalue weighted by Gasteiger charge is -2.25. The van der Waals surface area contributed by atoms with Gasteiger partial charge >= 0.3 is 12.8 Å². The van der Waals surface area contributed by atoms with Crippen LogP contribution in [0, 0.1) is 0 Å². The number of thiol groups is 1. The summed E-state index contributed by atoms with van der Waals surface area (Å²) in [7, 11) is 0. The topological polar surface area (TPSA) is 245 Å². The van der Waals surface area contributed by atoms with Crippen LogP contribution in [0.1, 0.15) is 30.9 Å². The van der Waals surface area contributed by atoms with Crippen LogP contribution in [0.4, 0.5) is 11.8 Å². The van der Waals surface area contributed by atoms with Crippen molar-refractivity contribution in [2.75, 3.05) is 24.7 Å². The van der Waals surface area contributed by atoms with Gasteiger partial charge in [0.05, 0.1) is 37.5 Å². The van der Waals surface area contributed by atoms with Gasteiger partial charge in [-0.2, -0.15) is 14.6 Å². The number of aromatic nitrogens is 8. The highest BCUT2D eigenvalue weighted by Gasteiger charge is 2.45. The second-order valence-corrected chi connectivity index (χ2v) is 16.0. The Bertz CT molecular complexity index is 1790. The summed E-state index contributed by atoms with van der Waals surface area (Å²) in [4.78, 5) is 42.2. The molecule has 0 amide bonds. The molecule has 2 aliphatic heterocycles. The third kappa shape index (κ3) is 6.31. The van der Waals surface area contributed by atoms with Crippen LogP contribution < -0.4 is 17.0 Å². The van der Waals surface area contributed by atoms with Crippen LogP contribution in [-0.4, -0.2) is 86.7 Å². The quantitative estimate of drug-likeness (QED) is 0.0963. The molecule has 230 valence electrons. The molecule has 0 spiro atoms. The molecule has 6 heterocycles. The third-order valence-electron chi connectivity index (χ3n) is 6.86. The van der Waals surface area contributed by atoms with Crippen molar-refractivity contribution in [2.45, 2.75) is 49.6 Å². The molecule has 2 fully saturated rings. The summed E-state index contributed by atoms with van der Waals surface area (Å²) < 4.78 is 32.5. The first kappa shape index (κ1) is 30.8. The average molecular weight is 692 g/mol. The fourth-order valence-corrected chi connectivity index (χ4v) is 7.62. The van der Waals surface area contributed by atoms with E-state index >= 15 is 0 Å². The van der Waals surface area contributed by atoms with Gasteiger partial charge in [0.25, 0.3) is 5.56 Å². The van der Waals surface area contributed by atoms with E-state index in [1.54, 1.807) is 6.20 Å². The molecule has 8 unspecified atom stereocenters. The van der Waals surface area contributed by atoms with Crippen molar-refractivity contribution in [3.05, 3.63) is 34.9 Å². The highest BCUT2D eigenvalue weighted by atomic mass is 32.9. The molecule has 6 rings (SSSR count). The van der Waals surface area contributed by atoms with Crippen molar-refractivity contribution < 1.29 is 33.0 Å². The largest absolute Gasteiger partial charge is 0.411 e. The normalized spacial score (nSPS) is 27.7. The Hall–Kier alpha value is -2.26. The number of hydrogen-bond acceptors (Lipinski definition) is 16. The molecule has 2 saturated heterocycles. The van der Waals surface area contributed by atoms with Crippen LogP contribution in [0.3, 0.4) is 0 Å². The molecule has 18 nitrogen and oxygen atoms in total. The van der Waals surface area contributed by atoms with Crippen LogP contribution in [0.25, 0.3) is 16.8 Å².